The van der Waals surface area contributed by atoms with Crippen LogP contribution in [-0.2, 0) is 14.8 Å². The fourth-order valence-electron chi connectivity index (χ4n) is 2.79. The second-order valence-electron chi connectivity index (χ2n) is 6.30. The molecule has 28 heavy (non-hydrogen) atoms. The zero-order valence-corrected chi connectivity index (χ0v) is 16.2. The number of sulfonamides is 1. The zero-order valence-electron chi connectivity index (χ0n) is 15.4. The predicted octanol–water partition coefficient (Wildman–Crippen LogP) is 2.84. The summed E-state index contributed by atoms with van der Waals surface area (Å²) in [5, 5.41) is 3.42. The molecule has 0 saturated carbocycles. The van der Waals surface area contributed by atoms with Crippen LogP contribution in [-0.4, -0.2) is 37.9 Å². The highest BCUT2D eigenvalue weighted by atomic mass is 32.2. The van der Waals surface area contributed by atoms with Gasteiger partial charge >= 0.3 is 0 Å². The van der Waals surface area contributed by atoms with Gasteiger partial charge in [0.15, 0.2) is 5.78 Å². The maximum Gasteiger partial charge on any atom is 0.245 e. The number of para-hydroxylation sites is 1. The van der Waals surface area contributed by atoms with Crippen LogP contribution in [0, 0.1) is 0 Å². The highest BCUT2D eigenvalue weighted by molar-refractivity contribution is 7.92. The maximum absolute atomic E-state index is 12.5. The van der Waals surface area contributed by atoms with Crippen LogP contribution in [0.15, 0.2) is 60.8 Å². The van der Waals surface area contributed by atoms with Gasteiger partial charge in [-0.25, -0.2) is 8.42 Å². The Morgan fingerprint density at radius 2 is 1.71 bits per heavy atom. The van der Waals surface area contributed by atoms with Crippen LogP contribution in [0.4, 0.5) is 11.4 Å². The zero-order chi connectivity index (χ0) is 20.3. The quantitative estimate of drug-likeness (QED) is 0.645. The third kappa shape index (κ3) is 4.34. The van der Waals surface area contributed by atoms with Gasteiger partial charge in [-0.3, -0.25) is 18.9 Å². The van der Waals surface area contributed by atoms with E-state index in [0.29, 0.717) is 22.5 Å². The minimum atomic E-state index is -3.73. The van der Waals surface area contributed by atoms with Crippen molar-refractivity contribution in [2.24, 2.45) is 0 Å². The SMILES string of the molecule is CC(=O)c1ccc(NC(=O)CN(c2cccc3cccnc23)S(C)(=O)=O)cc1. The Morgan fingerprint density at radius 1 is 1.04 bits per heavy atom. The van der Waals surface area contributed by atoms with E-state index in [-0.39, 0.29) is 5.78 Å². The van der Waals surface area contributed by atoms with Gasteiger partial charge in [-0.2, -0.15) is 0 Å². The Kier molecular flexibility index (Phi) is 5.41. The number of pyridine rings is 1. The number of nitrogens with one attached hydrogen (secondary N) is 1. The fraction of sp³-hybridized carbons (Fsp3) is 0.150. The first kappa shape index (κ1) is 19.5. The van der Waals surface area contributed by atoms with Crippen LogP contribution in [0.2, 0.25) is 0 Å². The summed E-state index contributed by atoms with van der Waals surface area (Å²) in [7, 11) is -3.73. The monoisotopic (exact) mass is 397 g/mol. The van der Waals surface area contributed by atoms with E-state index in [1.54, 1.807) is 48.7 Å². The summed E-state index contributed by atoms with van der Waals surface area (Å²) >= 11 is 0. The minimum Gasteiger partial charge on any atom is -0.325 e. The summed E-state index contributed by atoms with van der Waals surface area (Å²) in [6.07, 6.45) is 2.62. The first-order valence-corrected chi connectivity index (χ1v) is 10.3. The topological polar surface area (TPSA) is 96.4 Å². The highest BCUT2D eigenvalue weighted by Crippen LogP contribution is 2.26. The number of anilines is 2. The van der Waals surface area contributed by atoms with Gasteiger partial charge in [0.2, 0.25) is 15.9 Å². The molecular formula is C20H19N3O4S. The van der Waals surface area contributed by atoms with Gasteiger partial charge in [0.1, 0.15) is 6.54 Å². The second kappa shape index (κ2) is 7.77. The highest BCUT2D eigenvalue weighted by Gasteiger charge is 2.23. The number of nitrogens with zero attached hydrogens (tertiary/aromatic N) is 2. The van der Waals surface area contributed by atoms with Gasteiger partial charge < -0.3 is 5.32 Å². The molecule has 7 nitrogen and oxygen atoms in total. The Hall–Kier alpha value is -3.26. The van der Waals surface area contributed by atoms with E-state index in [1.807, 2.05) is 12.1 Å². The van der Waals surface area contributed by atoms with E-state index >= 15 is 0 Å². The number of Topliss-reactive ketones (excluding diaryl/α,β-unsaturated/α-hetero) is 1. The smallest absolute Gasteiger partial charge is 0.245 e. The number of carbonyl (C=O) groups is 2. The summed E-state index contributed by atoms with van der Waals surface area (Å²) in [6.45, 7) is 1.05. The normalized spacial score (nSPS) is 11.2. The summed E-state index contributed by atoms with van der Waals surface area (Å²) in [4.78, 5) is 28.1. The number of benzene rings is 2. The van der Waals surface area contributed by atoms with Gasteiger partial charge in [0, 0.05) is 22.8 Å². The number of ketones is 1. The van der Waals surface area contributed by atoms with Crippen LogP contribution < -0.4 is 9.62 Å². The van der Waals surface area contributed by atoms with Crippen LogP contribution in [0.1, 0.15) is 17.3 Å². The van der Waals surface area contributed by atoms with Crippen molar-refractivity contribution in [1.82, 2.24) is 4.98 Å². The molecular weight excluding hydrogens is 378 g/mol. The molecule has 0 aliphatic rings. The molecule has 0 aliphatic carbocycles. The van der Waals surface area contributed by atoms with Crippen molar-refractivity contribution in [2.75, 3.05) is 22.4 Å². The lowest BCUT2D eigenvalue weighted by atomic mass is 10.1. The van der Waals surface area contributed by atoms with Crippen LogP contribution in [0.5, 0.6) is 0 Å². The van der Waals surface area contributed by atoms with Crippen molar-refractivity contribution < 1.29 is 18.0 Å². The lowest BCUT2D eigenvalue weighted by Crippen LogP contribution is -2.37. The van der Waals surface area contributed by atoms with Gasteiger partial charge in [0.25, 0.3) is 0 Å². The fourth-order valence-corrected chi connectivity index (χ4v) is 3.65. The largest absolute Gasteiger partial charge is 0.325 e. The van der Waals surface area contributed by atoms with E-state index in [1.165, 1.54) is 6.92 Å². The maximum atomic E-state index is 12.5. The molecule has 0 spiro atoms. The number of aromatic nitrogens is 1. The van der Waals surface area contributed by atoms with Crippen LogP contribution >= 0.6 is 0 Å². The Morgan fingerprint density at radius 3 is 2.36 bits per heavy atom. The molecule has 1 N–H and O–H groups in total. The van der Waals surface area contributed by atoms with E-state index in [9.17, 15) is 18.0 Å². The average molecular weight is 397 g/mol. The van der Waals surface area contributed by atoms with Gasteiger partial charge in [-0.15, -0.1) is 0 Å². The van der Waals surface area contributed by atoms with E-state index in [0.717, 1.165) is 15.9 Å². The van der Waals surface area contributed by atoms with Crippen LogP contribution in [0.25, 0.3) is 10.9 Å². The molecule has 0 bridgehead atoms. The van der Waals surface area contributed by atoms with Crippen molar-refractivity contribution in [3.05, 3.63) is 66.4 Å². The number of rotatable bonds is 6. The van der Waals surface area contributed by atoms with Gasteiger partial charge in [-0.1, -0.05) is 18.2 Å². The molecule has 2 aromatic carbocycles. The molecule has 0 atom stereocenters. The summed E-state index contributed by atoms with van der Waals surface area (Å²) in [6, 6.07) is 15.1. The number of hydrogen-bond acceptors (Lipinski definition) is 5. The molecule has 0 fully saturated rings. The van der Waals surface area contributed by atoms with E-state index in [2.05, 4.69) is 10.3 Å². The molecule has 3 aromatic rings. The van der Waals surface area contributed by atoms with Crippen molar-refractivity contribution >= 4 is 44.0 Å². The van der Waals surface area contributed by atoms with E-state index in [4.69, 9.17) is 0 Å². The molecule has 1 aromatic heterocycles. The Labute approximate surface area is 163 Å². The first-order valence-electron chi connectivity index (χ1n) is 8.48. The lowest BCUT2D eigenvalue weighted by Gasteiger charge is -2.23. The van der Waals surface area contributed by atoms with Crippen molar-refractivity contribution in [3.63, 3.8) is 0 Å². The Balaban J connectivity index is 1.87. The number of hydrogen-bond donors (Lipinski definition) is 1. The van der Waals surface area contributed by atoms with E-state index < -0.39 is 22.5 Å². The van der Waals surface area contributed by atoms with Crippen LogP contribution in [0.3, 0.4) is 0 Å². The standard InChI is InChI=1S/C20H19N3O4S/c1-14(24)15-8-10-17(11-9-15)22-19(25)13-23(28(2,26)27)18-7-3-5-16-6-4-12-21-20(16)18/h3-12H,13H2,1-2H3,(H,22,25). The summed E-state index contributed by atoms with van der Waals surface area (Å²) < 4.78 is 25.8. The number of amides is 1. The lowest BCUT2D eigenvalue weighted by molar-refractivity contribution is -0.114. The number of carbonyl (C=O) groups excluding carboxylic acids is 2. The first-order chi connectivity index (χ1) is 13.3. The average Bonchev–Trinajstić information content (AvgIpc) is 2.65. The predicted molar refractivity (Wildman–Crippen MR) is 109 cm³/mol. The third-order valence-corrected chi connectivity index (χ3v) is 5.27. The molecule has 1 amide bonds. The van der Waals surface area contributed by atoms with Crippen molar-refractivity contribution in [3.8, 4) is 0 Å². The van der Waals surface area contributed by atoms with Gasteiger partial charge in [0.05, 0.1) is 17.5 Å². The molecule has 144 valence electrons. The number of fused-ring (bicyclic) bond motifs is 1. The third-order valence-electron chi connectivity index (χ3n) is 4.14. The Bertz CT molecular complexity index is 1140. The molecule has 1 heterocycles. The summed E-state index contributed by atoms with van der Waals surface area (Å²) in [5.74, 6) is -0.585. The molecule has 0 saturated heterocycles. The van der Waals surface area contributed by atoms with Crippen molar-refractivity contribution in [1.29, 1.82) is 0 Å². The molecule has 3 rings (SSSR count). The molecule has 8 heteroatoms. The molecule has 0 aliphatic heterocycles. The second-order valence-corrected chi connectivity index (χ2v) is 8.21. The minimum absolute atomic E-state index is 0.0791. The summed E-state index contributed by atoms with van der Waals surface area (Å²) in [5.41, 5.74) is 1.83. The molecule has 0 unspecified atom stereocenters. The van der Waals surface area contributed by atoms with Gasteiger partial charge in [-0.05, 0) is 43.3 Å². The van der Waals surface area contributed by atoms with Crippen molar-refractivity contribution in [2.45, 2.75) is 6.92 Å². The molecule has 0 radical (unpaired) electrons.